The molecule has 0 aliphatic heterocycles. The van der Waals surface area contributed by atoms with E-state index < -0.39 is 6.10 Å². The fourth-order valence-corrected chi connectivity index (χ4v) is 10.1. The highest BCUT2D eigenvalue weighted by Crippen LogP contribution is 2.18. The van der Waals surface area contributed by atoms with E-state index in [0.717, 1.165) is 89.9 Å². The number of hydrogen-bond donors (Lipinski definition) is 1. The Hall–Kier alpha value is -2.92. The van der Waals surface area contributed by atoms with Gasteiger partial charge in [0, 0.05) is 12.8 Å². The second kappa shape index (κ2) is 68.4. The van der Waals surface area contributed by atoms with Gasteiger partial charge >= 0.3 is 11.9 Å². The van der Waals surface area contributed by atoms with Gasteiger partial charge in [-0.05, 0) is 70.6 Å². The van der Waals surface area contributed by atoms with Crippen LogP contribution in [0, 0.1) is 0 Å². The Labute approximate surface area is 486 Å². The van der Waals surface area contributed by atoms with Crippen molar-refractivity contribution in [3.63, 3.8) is 0 Å². The average Bonchev–Trinajstić information content (AvgIpc) is 3.44. The zero-order chi connectivity index (χ0) is 56.2. The molecular formula is C73H130O5. The van der Waals surface area contributed by atoms with Gasteiger partial charge < -0.3 is 14.6 Å². The van der Waals surface area contributed by atoms with Crippen molar-refractivity contribution in [2.75, 3.05) is 13.2 Å². The van der Waals surface area contributed by atoms with Crippen molar-refractivity contribution in [1.82, 2.24) is 0 Å². The molecule has 0 amide bonds. The van der Waals surface area contributed by atoms with E-state index in [1.807, 2.05) is 0 Å². The normalized spacial score (nSPS) is 12.7. The lowest BCUT2D eigenvalue weighted by Gasteiger charge is -2.15. The predicted octanol–water partition coefficient (Wildman–Crippen LogP) is 23.7. The van der Waals surface area contributed by atoms with Crippen molar-refractivity contribution in [3.05, 3.63) is 85.1 Å². The fourth-order valence-electron chi connectivity index (χ4n) is 10.1. The van der Waals surface area contributed by atoms with Crippen molar-refractivity contribution in [3.8, 4) is 0 Å². The third-order valence-corrected chi connectivity index (χ3v) is 15.2. The second-order valence-electron chi connectivity index (χ2n) is 22.9. The van der Waals surface area contributed by atoms with Crippen LogP contribution in [0.5, 0.6) is 0 Å². The summed E-state index contributed by atoms with van der Waals surface area (Å²) in [6.45, 7) is 4.06. The molecule has 0 saturated heterocycles. The Kier molecular flexibility index (Phi) is 65.8. The SMILES string of the molecule is CC/C=C\C/C=C\C/C=C\C/C=C\C/C=C\C/C=C\C/C=C\CCCCCCCCCC(=O)OC(CO)COC(=O)CCCCCCCCCCCCCCCCCCCCCCCCCCCCCCCCCCCCC. The maximum atomic E-state index is 12.3. The molecule has 0 saturated carbocycles. The first-order chi connectivity index (χ1) is 38.6. The second-order valence-corrected chi connectivity index (χ2v) is 22.9. The molecule has 0 heterocycles. The number of carbonyl (C=O) groups is 2. The summed E-state index contributed by atoms with van der Waals surface area (Å²) in [5.74, 6) is -0.593. The lowest BCUT2D eigenvalue weighted by atomic mass is 10.0. The number of ether oxygens (including phenoxy) is 2. The zero-order valence-electron chi connectivity index (χ0n) is 51.9. The van der Waals surface area contributed by atoms with Gasteiger partial charge in [0.1, 0.15) is 6.61 Å². The van der Waals surface area contributed by atoms with E-state index in [4.69, 9.17) is 9.47 Å². The van der Waals surface area contributed by atoms with Gasteiger partial charge in [0.2, 0.25) is 0 Å². The van der Waals surface area contributed by atoms with Crippen LogP contribution in [0.1, 0.15) is 348 Å². The number of unbranched alkanes of at least 4 members (excludes halogenated alkanes) is 41. The quantitative estimate of drug-likeness (QED) is 0.0373. The van der Waals surface area contributed by atoms with Gasteiger partial charge in [-0.3, -0.25) is 9.59 Å². The number of aliphatic hydroxyl groups is 1. The minimum Gasteiger partial charge on any atom is -0.462 e. The fraction of sp³-hybridized carbons (Fsp3) is 0.781. The molecule has 0 rings (SSSR count). The van der Waals surface area contributed by atoms with E-state index in [9.17, 15) is 14.7 Å². The van der Waals surface area contributed by atoms with Crippen LogP contribution >= 0.6 is 0 Å². The molecule has 0 fully saturated rings. The summed E-state index contributed by atoms with van der Waals surface area (Å²) in [5.41, 5.74) is 0. The summed E-state index contributed by atoms with van der Waals surface area (Å²) < 4.78 is 10.7. The number of allylic oxidation sites excluding steroid dienone is 14. The Morgan fingerprint density at radius 3 is 0.833 bits per heavy atom. The van der Waals surface area contributed by atoms with Gasteiger partial charge in [0.15, 0.2) is 6.10 Å². The lowest BCUT2D eigenvalue weighted by molar-refractivity contribution is -0.161. The molecule has 0 aromatic carbocycles. The summed E-state index contributed by atoms with van der Waals surface area (Å²) in [7, 11) is 0. The van der Waals surface area contributed by atoms with Gasteiger partial charge in [-0.15, -0.1) is 0 Å². The maximum Gasteiger partial charge on any atom is 0.306 e. The molecule has 0 aromatic rings. The first kappa shape index (κ1) is 75.1. The highest BCUT2D eigenvalue weighted by atomic mass is 16.6. The third kappa shape index (κ3) is 65.6. The van der Waals surface area contributed by atoms with E-state index in [-0.39, 0.29) is 25.2 Å². The standard InChI is InChI=1S/C73H130O5/c1-3-5-7-9-11-13-15-17-19-21-23-25-27-29-31-33-34-35-36-37-38-40-41-43-45-47-49-51-53-55-57-59-61-63-65-67-72(75)77-70-71(69-74)78-73(76)68-66-64-62-60-58-56-54-52-50-48-46-44-42-39-32-30-28-26-24-22-20-18-16-14-12-10-8-6-4-2/h6,8,12,14,18,20,24,26,30,32,42,44,48,50,71,74H,3-5,7,9-11,13,15-17,19,21-23,25,27-29,31,33-41,43,45-47,49,51-70H2,1-2H3/b8-6-,14-12-,20-18-,26-24-,32-30-,44-42-,50-48-. The summed E-state index contributed by atoms with van der Waals surface area (Å²) in [6, 6.07) is 0. The Balaban J connectivity index is 3.45. The van der Waals surface area contributed by atoms with Gasteiger partial charge in [-0.2, -0.15) is 0 Å². The number of rotatable bonds is 63. The van der Waals surface area contributed by atoms with Gasteiger partial charge in [0.25, 0.3) is 0 Å². The van der Waals surface area contributed by atoms with Gasteiger partial charge in [-0.25, -0.2) is 0 Å². The number of esters is 2. The van der Waals surface area contributed by atoms with Crippen molar-refractivity contribution in [1.29, 1.82) is 0 Å². The van der Waals surface area contributed by atoms with Crippen molar-refractivity contribution in [2.45, 2.75) is 354 Å². The zero-order valence-corrected chi connectivity index (χ0v) is 51.9. The van der Waals surface area contributed by atoms with E-state index in [0.29, 0.717) is 12.8 Å². The molecule has 0 aromatic heterocycles. The molecule has 5 nitrogen and oxygen atoms in total. The largest absolute Gasteiger partial charge is 0.462 e. The first-order valence-electron chi connectivity index (χ1n) is 34.1. The third-order valence-electron chi connectivity index (χ3n) is 15.2. The lowest BCUT2D eigenvalue weighted by Crippen LogP contribution is -2.28. The highest BCUT2D eigenvalue weighted by molar-refractivity contribution is 5.70. The molecule has 0 aliphatic rings. The molecule has 1 unspecified atom stereocenters. The molecule has 0 bridgehead atoms. The summed E-state index contributed by atoms with van der Waals surface area (Å²) >= 11 is 0. The Bertz CT molecular complexity index is 1420. The Morgan fingerprint density at radius 1 is 0.308 bits per heavy atom. The molecule has 0 spiro atoms. The van der Waals surface area contributed by atoms with Crippen LogP contribution in [0.4, 0.5) is 0 Å². The topological polar surface area (TPSA) is 72.8 Å². The number of hydrogen-bond acceptors (Lipinski definition) is 5. The highest BCUT2D eigenvalue weighted by Gasteiger charge is 2.16. The molecule has 78 heavy (non-hydrogen) atoms. The van der Waals surface area contributed by atoms with Crippen molar-refractivity contribution >= 4 is 11.9 Å². The molecule has 452 valence electrons. The summed E-state index contributed by atoms with van der Waals surface area (Å²) in [5, 5.41) is 9.69. The monoisotopic (exact) mass is 1090 g/mol. The minimum absolute atomic E-state index is 0.0710. The minimum atomic E-state index is -0.783. The molecule has 0 aliphatic carbocycles. The van der Waals surface area contributed by atoms with E-state index >= 15 is 0 Å². The predicted molar refractivity (Wildman–Crippen MR) is 343 cm³/mol. The average molecular weight is 1090 g/mol. The Morgan fingerprint density at radius 2 is 0.551 bits per heavy atom. The maximum absolute atomic E-state index is 12.3. The molecule has 1 N–H and O–H groups in total. The van der Waals surface area contributed by atoms with Crippen molar-refractivity contribution < 1.29 is 24.2 Å². The molecule has 5 heteroatoms. The van der Waals surface area contributed by atoms with E-state index in [1.165, 1.54) is 231 Å². The van der Waals surface area contributed by atoms with E-state index in [1.54, 1.807) is 0 Å². The van der Waals surface area contributed by atoms with Crippen LogP contribution in [-0.4, -0.2) is 36.4 Å². The van der Waals surface area contributed by atoms with Crippen LogP contribution in [0.2, 0.25) is 0 Å². The number of carbonyl (C=O) groups excluding carboxylic acids is 2. The van der Waals surface area contributed by atoms with Crippen molar-refractivity contribution in [2.24, 2.45) is 0 Å². The van der Waals surface area contributed by atoms with Crippen LogP contribution in [0.15, 0.2) is 85.1 Å². The van der Waals surface area contributed by atoms with Crippen LogP contribution in [0.3, 0.4) is 0 Å². The van der Waals surface area contributed by atoms with Crippen LogP contribution in [0.25, 0.3) is 0 Å². The summed E-state index contributed by atoms with van der Waals surface area (Å²) in [4.78, 5) is 24.6. The van der Waals surface area contributed by atoms with E-state index in [2.05, 4.69) is 98.9 Å². The molecule has 1 atom stereocenters. The summed E-state index contributed by atoms with van der Waals surface area (Å²) in [6.07, 6.45) is 96.1. The van der Waals surface area contributed by atoms with Gasteiger partial charge in [-0.1, -0.05) is 349 Å². The number of aliphatic hydroxyl groups excluding tert-OH is 1. The van der Waals surface area contributed by atoms with Gasteiger partial charge in [0.05, 0.1) is 6.61 Å². The van der Waals surface area contributed by atoms with Crippen LogP contribution < -0.4 is 0 Å². The molecular weight excluding hydrogens is 957 g/mol. The first-order valence-corrected chi connectivity index (χ1v) is 34.1. The molecule has 0 radical (unpaired) electrons. The van der Waals surface area contributed by atoms with Crippen LogP contribution in [-0.2, 0) is 19.1 Å². The smallest absolute Gasteiger partial charge is 0.306 e.